The molecule has 104 valence electrons. The number of hydrogen-bond donors (Lipinski definition) is 1. The van der Waals surface area contributed by atoms with Crippen molar-refractivity contribution >= 4 is 27.1 Å². The molecule has 8 heteroatoms. The van der Waals surface area contributed by atoms with E-state index >= 15 is 0 Å². The van der Waals surface area contributed by atoms with Crippen LogP contribution >= 0.6 is 11.6 Å². The maximum Gasteiger partial charge on any atom is 0.310 e. The molecule has 2 aromatic rings. The maximum absolute atomic E-state index is 12.3. The van der Waals surface area contributed by atoms with Gasteiger partial charge >= 0.3 is 5.69 Å². The quantitative estimate of drug-likeness (QED) is 0.694. The van der Waals surface area contributed by atoms with Crippen LogP contribution in [0.1, 0.15) is 0 Å². The highest BCUT2D eigenvalue weighted by Gasteiger charge is 2.22. The van der Waals surface area contributed by atoms with E-state index in [1.165, 1.54) is 24.3 Å². The van der Waals surface area contributed by atoms with Gasteiger partial charge in [-0.2, -0.15) is 0 Å². The van der Waals surface area contributed by atoms with Crippen molar-refractivity contribution in [1.82, 2.24) is 0 Å². The Morgan fingerprint density at radius 3 is 2.10 bits per heavy atom. The third kappa shape index (κ3) is 2.59. The summed E-state index contributed by atoms with van der Waals surface area (Å²) < 4.78 is 24.5. The minimum absolute atomic E-state index is 0.0184. The van der Waals surface area contributed by atoms with E-state index in [4.69, 9.17) is 11.6 Å². The van der Waals surface area contributed by atoms with Crippen molar-refractivity contribution < 1.29 is 18.4 Å². The number of phenols is 1. The van der Waals surface area contributed by atoms with E-state index < -0.39 is 26.2 Å². The average molecular weight is 314 g/mol. The molecule has 0 aliphatic heterocycles. The molecule has 6 nitrogen and oxygen atoms in total. The number of aromatic hydroxyl groups is 1. The smallest absolute Gasteiger partial charge is 0.310 e. The predicted octanol–water partition coefficient (Wildman–Crippen LogP) is 2.79. The third-order valence-electron chi connectivity index (χ3n) is 2.58. The number of halogens is 1. The van der Waals surface area contributed by atoms with Gasteiger partial charge in [-0.15, -0.1) is 0 Å². The Balaban J connectivity index is 2.52. The van der Waals surface area contributed by atoms with Crippen LogP contribution in [0.15, 0.2) is 52.3 Å². The lowest BCUT2D eigenvalue weighted by Crippen LogP contribution is -2.02. The molecule has 0 atom stereocenters. The fourth-order valence-electron chi connectivity index (χ4n) is 1.57. The van der Waals surface area contributed by atoms with E-state index in [1.54, 1.807) is 0 Å². The van der Waals surface area contributed by atoms with Crippen LogP contribution in [0.4, 0.5) is 5.69 Å². The summed E-state index contributed by atoms with van der Waals surface area (Å²) in [5.41, 5.74) is -0.556. The zero-order valence-electron chi connectivity index (χ0n) is 9.86. The Morgan fingerprint density at radius 1 is 1.05 bits per heavy atom. The molecule has 0 fully saturated rings. The second-order valence-corrected chi connectivity index (χ2v) is 6.25. The summed E-state index contributed by atoms with van der Waals surface area (Å²) in [7, 11) is -3.86. The van der Waals surface area contributed by atoms with Gasteiger partial charge in [0.05, 0.1) is 14.7 Å². The summed E-state index contributed by atoms with van der Waals surface area (Å²) >= 11 is 5.68. The summed E-state index contributed by atoms with van der Waals surface area (Å²) in [6.45, 7) is 0. The van der Waals surface area contributed by atoms with Gasteiger partial charge in [-0.3, -0.25) is 10.1 Å². The molecule has 2 rings (SSSR count). The number of nitrogens with zero attached hydrogens (tertiary/aromatic N) is 1. The number of sulfone groups is 1. The van der Waals surface area contributed by atoms with Gasteiger partial charge in [0, 0.05) is 17.2 Å². The normalized spacial score (nSPS) is 11.2. The number of nitro benzene ring substituents is 1. The summed E-state index contributed by atoms with van der Waals surface area (Å²) in [6.07, 6.45) is 0. The van der Waals surface area contributed by atoms with Crippen LogP contribution in [0.3, 0.4) is 0 Å². The summed E-state index contributed by atoms with van der Waals surface area (Å²) in [5, 5.41) is 20.4. The lowest BCUT2D eigenvalue weighted by molar-refractivity contribution is -0.385. The lowest BCUT2D eigenvalue weighted by Gasteiger charge is -2.05. The number of benzene rings is 2. The molecular weight excluding hydrogens is 306 g/mol. The van der Waals surface area contributed by atoms with Crippen LogP contribution in [0.2, 0.25) is 5.02 Å². The summed E-state index contributed by atoms with van der Waals surface area (Å²) in [6, 6.07) is 8.33. The van der Waals surface area contributed by atoms with Crippen molar-refractivity contribution in [3.63, 3.8) is 0 Å². The molecule has 0 saturated heterocycles. The summed E-state index contributed by atoms with van der Waals surface area (Å²) in [5.74, 6) is -0.704. The van der Waals surface area contributed by atoms with E-state index in [9.17, 15) is 23.6 Å². The fraction of sp³-hybridized carbons (Fsp3) is 0. The van der Waals surface area contributed by atoms with E-state index in [0.29, 0.717) is 5.02 Å². The maximum atomic E-state index is 12.3. The zero-order valence-corrected chi connectivity index (χ0v) is 11.4. The molecule has 0 amide bonds. The van der Waals surface area contributed by atoms with Crippen molar-refractivity contribution in [1.29, 1.82) is 0 Å². The van der Waals surface area contributed by atoms with Crippen molar-refractivity contribution in [3.05, 3.63) is 57.6 Å². The largest absolute Gasteiger partial charge is 0.502 e. The van der Waals surface area contributed by atoms with Gasteiger partial charge in [-0.05, 0) is 30.3 Å². The van der Waals surface area contributed by atoms with Crippen LogP contribution < -0.4 is 0 Å². The molecule has 0 aliphatic carbocycles. The Bertz CT molecular complexity index is 771. The molecule has 0 saturated carbocycles. The van der Waals surface area contributed by atoms with Crippen LogP contribution in [-0.2, 0) is 9.84 Å². The Kier molecular flexibility index (Phi) is 3.65. The molecular formula is C12H8ClNO5S. The van der Waals surface area contributed by atoms with E-state index in [0.717, 1.165) is 18.2 Å². The van der Waals surface area contributed by atoms with Crippen molar-refractivity contribution in [2.75, 3.05) is 0 Å². The minimum Gasteiger partial charge on any atom is -0.502 e. The second-order valence-electron chi connectivity index (χ2n) is 3.86. The van der Waals surface area contributed by atoms with Crippen molar-refractivity contribution in [2.24, 2.45) is 0 Å². The molecule has 0 aromatic heterocycles. The van der Waals surface area contributed by atoms with Gasteiger partial charge in [0.2, 0.25) is 9.84 Å². The molecule has 0 unspecified atom stereocenters. The van der Waals surface area contributed by atoms with E-state index in [1.807, 2.05) is 0 Å². The van der Waals surface area contributed by atoms with Crippen LogP contribution in [0.25, 0.3) is 0 Å². The van der Waals surface area contributed by atoms with Gasteiger partial charge in [0.1, 0.15) is 0 Å². The topological polar surface area (TPSA) is 97.5 Å². The Labute approximate surface area is 119 Å². The number of nitro groups is 1. The van der Waals surface area contributed by atoms with Crippen LogP contribution in [0.5, 0.6) is 5.75 Å². The molecule has 1 N–H and O–H groups in total. The van der Waals surface area contributed by atoms with Gasteiger partial charge in [-0.25, -0.2) is 8.42 Å². The van der Waals surface area contributed by atoms with Crippen LogP contribution in [0, 0.1) is 10.1 Å². The molecule has 0 spiro atoms. The first-order valence-corrected chi connectivity index (χ1v) is 7.16. The number of rotatable bonds is 3. The first-order chi connectivity index (χ1) is 9.32. The molecule has 20 heavy (non-hydrogen) atoms. The molecule has 0 heterocycles. The highest BCUT2D eigenvalue weighted by Crippen LogP contribution is 2.31. The highest BCUT2D eigenvalue weighted by atomic mass is 35.5. The first-order valence-electron chi connectivity index (χ1n) is 5.30. The molecule has 0 radical (unpaired) electrons. The van der Waals surface area contributed by atoms with Gasteiger partial charge in [0.15, 0.2) is 5.75 Å². The van der Waals surface area contributed by atoms with Crippen molar-refractivity contribution in [2.45, 2.75) is 9.79 Å². The van der Waals surface area contributed by atoms with Gasteiger partial charge < -0.3 is 5.11 Å². The standard InChI is InChI=1S/C12H8ClNO5S/c13-8-1-3-9(4-2-8)20(18,19)10-5-6-11(14(16)17)12(15)7-10/h1-7,15H. The van der Waals surface area contributed by atoms with Crippen molar-refractivity contribution in [3.8, 4) is 5.75 Å². The molecule has 0 aliphatic rings. The van der Waals surface area contributed by atoms with E-state index in [2.05, 4.69) is 0 Å². The zero-order chi connectivity index (χ0) is 14.9. The predicted molar refractivity (Wildman–Crippen MR) is 71.7 cm³/mol. The van der Waals surface area contributed by atoms with Gasteiger partial charge in [0.25, 0.3) is 0 Å². The Hall–Kier alpha value is -2.12. The highest BCUT2D eigenvalue weighted by molar-refractivity contribution is 7.91. The third-order valence-corrected chi connectivity index (χ3v) is 4.60. The lowest BCUT2D eigenvalue weighted by atomic mass is 10.3. The molecule has 0 bridgehead atoms. The first kappa shape index (κ1) is 14.3. The second kappa shape index (κ2) is 5.10. The average Bonchev–Trinajstić information content (AvgIpc) is 2.38. The van der Waals surface area contributed by atoms with Crippen LogP contribution in [-0.4, -0.2) is 18.4 Å². The van der Waals surface area contributed by atoms with Gasteiger partial charge in [-0.1, -0.05) is 11.6 Å². The van der Waals surface area contributed by atoms with E-state index in [-0.39, 0.29) is 9.79 Å². The minimum atomic E-state index is -3.86. The SMILES string of the molecule is O=[N+]([O-])c1ccc(S(=O)(=O)c2ccc(Cl)cc2)cc1O. The molecule has 2 aromatic carbocycles. The number of phenolic OH excluding ortho intramolecular Hbond substituents is 1. The fourth-order valence-corrected chi connectivity index (χ4v) is 2.98. The Morgan fingerprint density at radius 2 is 1.60 bits per heavy atom. The monoisotopic (exact) mass is 313 g/mol. The number of hydrogen-bond acceptors (Lipinski definition) is 5. The summed E-state index contributed by atoms with van der Waals surface area (Å²) in [4.78, 5) is 9.52.